The largest absolute Gasteiger partial charge is 0.494 e. The fourth-order valence-electron chi connectivity index (χ4n) is 1.64. The van der Waals surface area contributed by atoms with Crippen molar-refractivity contribution in [3.63, 3.8) is 0 Å². The number of anilines is 1. The lowest BCUT2D eigenvalue weighted by atomic mass is 10.1. The van der Waals surface area contributed by atoms with Crippen LogP contribution in [0.4, 0.5) is 5.95 Å². The third-order valence-electron chi connectivity index (χ3n) is 2.40. The molecule has 0 aliphatic carbocycles. The lowest BCUT2D eigenvalue weighted by Gasteiger charge is -2.06. The molecule has 0 saturated heterocycles. The standard InChI is InChI=1S/C13H13N3O3/c1-2-19-9-5-3-4-8(6-9)10-7-11(12(17)18)16-13(14)15-10/h3-7H,2H2,1H3,(H,17,18)(H2,14,15,16). The second kappa shape index (κ2) is 5.34. The SMILES string of the molecule is CCOc1cccc(-c2cc(C(=O)O)nc(N)n2)c1. The molecule has 0 aliphatic rings. The van der Waals surface area contributed by atoms with Crippen molar-refractivity contribution in [1.29, 1.82) is 0 Å². The van der Waals surface area contributed by atoms with Gasteiger partial charge >= 0.3 is 5.97 Å². The van der Waals surface area contributed by atoms with Crippen LogP contribution in [-0.2, 0) is 0 Å². The van der Waals surface area contributed by atoms with Gasteiger partial charge in [0.25, 0.3) is 0 Å². The molecule has 6 heteroatoms. The number of benzene rings is 1. The Morgan fingerprint density at radius 2 is 2.16 bits per heavy atom. The number of nitrogens with two attached hydrogens (primary N) is 1. The Balaban J connectivity index is 2.46. The maximum atomic E-state index is 10.9. The van der Waals surface area contributed by atoms with Crippen LogP contribution in [0.3, 0.4) is 0 Å². The fourth-order valence-corrected chi connectivity index (χ4v) is 1.64. The molecule has 0 fully saturated rings. The first-order valence-corrected chi connectivity index (χ1v) is 5.71. The van der Waals surface area contributed by atoms with Crippen LogP contribution in [0.25, 0.3) is 11.3 Å². The van der Waals surface area contributed by atoms with Gasteiger partial charge in [-0.1, -0.05) is 12.1 Å². The molecule has 0 amide bonds. The van der Waals surface area contributed by atoms with E-state index in [1.165, 1.54) is 6.07 Å². The van der Waals surface area contributed by atoms with Crippen molar-refractivity contribution >= 4 is 11.9 Å². The number of nitrogens with zero attached hydrogens (tertiary/aromatic N) is 2. The Morgan fingerprint density at radius 3 is 2.84 bits per heavy atom. The summed E-state index contributed by atoms with van der Waals surface area (Å²) in [5.74, 6) is -0.526. The van der Waals surface area contributed by atoms with E-state index < -0.39 is 5.97 Å². The number of hydrogen-bond acceptors (Lipinski definition) is 5. The average Bonchev–Trinajstić information content (AvgIpc) is 2.38. The van der Waals surface area contributed by atoms with Crippen LogP contribution in [0.5, 0.6) is 5.75 Å². The molecular formula is C13H13N3O3. The maximum Gasteiger partial charge on any atom is 0.354 e. The summed E-state index contributed by atoms with van der Waals surface area (Å²) < 4.78 is 5.38. The van der Waals surface area contributed by atoms with Crippen LogP contribution < -0.4 is 10.5 Å². The first-order valence-electron chi connectivity index (χ1n) is 5.71. The van der Waals surface area contributed by atoms with Crippen LogP contribution in [0.1, 0.15) is 17.4 Å². The van der Waals surface area contributed by atoms with Crippen molar-refractivity contribution in [3.05, 3.63) is 36.0 Å². The predicted octanol–water partition coefficient (Wildman–Crippen LogP) is 1.82. The van der Waals surface area contributed by atoms with Crippen LogP contribution in [-0.4, -0.2) is 27.7 Å². The lowest BCUT2D eigenvalue weighted by Crippen LogP contribution is -2.06. The number of carboxylic acids is 1. The molecule has 1 heterocycles. The fraction of sp³-hybridized carbons (Fsp3) is 0.154. The lowest BCUT2D eigenvalue weighted by molar-refractivity contribution is 0.0690. The molecule has 0 radical (unpaired) electrons. The van der Waals surface area contributed by atoms with E-state index in [-0.39, 0.29) is 11.6 Å². The van der Waals surface area contributed by atoms with E-state index in [2.05, 4.69) is 9.97 Å². The van der Waals surface area contributed by atoms with E-state index in [1.54, 1.807) is 18.2 Å². The highest BCUT2D eigenvalue weighted by Gasteiger charge is 2.10. The summed E-state index contributed by atoms with van der Waals surface area (Å²) in [6, 6.07) is 8.57. The molecular weight excluding hydrogens is 246 g/mol. The second-order valence-electron chi connectivity index (χ2n) is 3.76. The molecule has 0 atom stereocenters. The molecule has 3 N–H and O–H groups in total. The minimum Gasteiger partial charge on any atom is -0.494 e. The van der Waals surface area contributed by atoms with Gasteiger partial charge in [-0.25, -0.2) is 14.8 Å². The van der Waals surface area contributed by atoms with Crippen molar-refractivity contribution < 1.29 is 14.6 Å². The van der Waals surface area contributed by atoms with Gasteiger partial charge in [0.1, 0.15) is 5.75 Å². The highest BCUT2D eigenvalue weighted by molar-refractivity contribution is 5.87. The van der Waals surface area contributed by atoms with Gasteiger partial charge in [0.2, 0.25) is 5.95 Å². The van der Waals surface area contributed by atoms with Crippen molar-refractivity contribution in [2.75, 3.05) is 12.3 Å². The number of ether oxygens (including phenoxy) is 1. The molecule has 0 saturated carbocycles. The first-order chi connectivity index (χ1) is 9.10. The molecule has 2 rings (SSSR count). The number of rotatable bonds is 4. The zero-order valence-corrected chi connectivity index (χ0v) is 10.3. The molecule has 19 heavy (non-hydrogen) atoms. The minimum absolute atomic E-state index is 0.0725. The maximum absolute atomic E-state index is 10.9. The normalized spacial score (nSPS) is 10.2. The Labute approximate surface area is 109 Å². The molecule has 0 spiro atoms. The zero-order valence-electron chi connectivity index (χ0n) is 10.3. The highest BCUT2D eigenvalue weighted by atomic mass is 16.5. The second-order valence-corrected chi connectivity index (χ2v) is 3.76. The first kappa shape index (κ1) is 12.8. The Morgan fingerprint density at radius 1 is 1.37 bits per heavy atom. The predicted molar refractivity (Wildman–Crippen MR) is 70.0 cm³/mol. The van der Waals surface area contributed by atoms with Gasteiger partial charge in [-0.15, -0.1) is 0 Å². The van der Waals surface area contributed by atoms with E-state index in [0.717, 1.165) is 5.56 Å². The van der Waals surface area contributed by atoms with Crippen LogP contribution >= 0.6 is 0 Å². The van der Waals surface area contributed by atoms with Crippen molar-refractivity contribution in [1.82, 2.24) is 9.97 Å². The number of aromatic nitrogens is 2. The number of hydrogen-bond donors (Lipinski definition) is 2. The van der Waals surface area contributed by atoms with E-state index in [4.69, 9.17) is 15.6 Å². The van der Waals surface area contributed by atoms with Gasteiger partial charge in [-0.05, 0) is 25.1 Å². The highest BCUT2D eigenvalue weighted by Crippen LogP contribution is 2.23. The summed E-state index contributed by atoms with van der Waals surface area (Å²) in [5.41, 5.74) is 6.55. The topological polar surface area (TPSA) is 98.3 Å². The van der Waals surface area contributed by atoms with E-state index >= 15 is 0 Å². The number of aromatic carboxylic acids is 1. The molecule has 1 aromatic heterocycles. The molecule has 98 valence electrons. The molecule has 0 aliphatic heterocycles. The van der Waals surface area contributed by atoms with Crippen molar-refractivity contribution in [3.8, 4) is 17.0 Å². The van der Waals surface area contributed by atoms with Crippen molar-refractivity contribution in [2.24, 2.45) is 0 Å². The summed E-state index contributed by atoms with van der Waals surface area (Å²) in [5, 5.41) is 8.95. The van der Waals surface area contributed by atoms with Gasteiger partial charge < -0.3 is 15.6 Å². The molecule has 0 unspecified atom stereocenters. The van der Waals surface area contributed by atoms with E-state index in [9.17, 15) is 4.79 Å². The summed E-state index contributed by atoms with van der Waals surface area (Å²) in [6.45, 7) is 2.44. The number of nitrogen functional groups attached to an aromatic ring is 1. The van der Waals surface area contributed by atoms with Crippen LogP contribution in [0, 0.1) is 0 Å². The van der Waals surface area contributed by atoms with Crippen LogP contribution in [0.15, 0.2) is 30.3 Å². The quantitative estimate of drug-likeness (QED) is 0.869. The number of carboxylic acid groups (broad SMARTS) is 1. The van der Waals surface area contributed by atoms with E-state index in [0.29, 0.717) is 18.1 Å². The third-order valence-corrected chi connectivity index (χ3v) is 2.40. The van der Waals surface area contributed by atoms with Crippen molar-refractivity contribution in [2.45, 2.75) is 6.92 Å². The number of carbonyl (C=O) groups is 1. The van der Waals surface area contributed by atoms with Gasteiger partial charge in [0.15, 0.2) is 5.69 Å². The summed E-state index contributed by atoms with van der Waals surface area (Å²) in [4.78, 5) is 18.6. The third kappa shape index (κ3) is 2.98. The Bertz CT molecular complexity index is 614. The monoisotopic (exact) mass is 259 g/mol. The molecule has 1 aromatic carbocycles. The summed E-state index contributed by atoms with van der Waals surface area (Å²) in [6.07, 6.45) is 0. The smallest absolute Gasteiger partial charge is 0.354 e. The molecule has 2 aromatic rings. The summed E-state index contributed by atoms with van der Waals surface area (Å²) in [7, 11) is 0. The average molecular weight is 259 g/mol. The summed E-state index contributed by atoms with van der Waals surface area (Å²) >= 11 is 0. The van der Waals surface area contributed by atoms with Gasteiger partial charge in [0, 0.05) is 5.56 Å². The zero-order chi connectivity index (χ0) is 13.8. The Kier molecular flexibility index (Phi) is 3.61. The minimum atomic E-state index is -1.14. The van der Waals surface area contributed by atoms with Gasteiger partial charge in [-0.2, -0.15) is 0 Å². The molecule has 6 nitrogen and oxygen atoms in total. The van der Waals surface area contributed by atoms with Gasteiger partial charge in [0.05, 0.1) is 12.3 Å². The Hall–Kier alpha value is -2.63. The van der Waals surface area contributed by atoms with Gasteiger partial charge in [-0.3, -0.25) is 0 Å². The van der Waals surface area contributed by atoms with E-state index in [1.807, 2.05) is 13.0 Å². The molecule has 0 bridgehead atoms. The van der Waals surface area contributed by atoms with Crippen LogP contribution in [0.2, 0.25) is 0 Å².